The van der Waals surface area contributed by atoms with Gasteiger partial charge in [-0.2, -0.15) is 0 Å². The van der Waals surface area contributed by atoms with Crippen LogP contribution in [0.4, 0.5) is 0 Å². The van der Waals surface area contributed by atoms with Crippen molar-refractivity contribution in [2.75, 3.05) is 20.2 Å². The second-order valence-corrected chi connectivity index (χ2v) is 6.95. The third-order valence-electron chi connectivity index (χ3n) is 4.62. The van der Waals surface area contributed by atoms with Crippen LogP contribution in [0.5, 0.6) is 0 Å². The fraction of sp³-hybridized carbons (Fsp3) is 0.611. The van der Waals surface area contributed by atoms with Crippen LogP contribution in [0.1, 0.15) is 59.3 Å². The highest BCUT2D eigenvalue weighted by atomic mass is 16.5. The number of likely N-dealkylation sites (tertiary alicyclic amines) is 1. The summed E-state index contributed by atoms with van der Waals surface area (Å²) in [5.74, 6) is 0.206. The number of ether oxygens (including phenoxy) is 1. The minimum absolute atomic E-state index is 0.0325. The molecule has 24 heavy (non-hydrogen) atoms. The molecule has 0 aliphatic carbocycles. The topological polar surface area (TPSA) is 79.5 Å². The number of ketones is 1. The summed E-state index contributed by atoms with van der Waals surface area (Å²) < 4.78 is 4.82. The molecule has 0 spiro atoms. The van der Waals surface area contributed by atoms with E-state index in [-0.39, 0.29) is 18.1 Å². The molecule has 132 valence electrons. The predicted octanol–water partition coefficient (Wildman–Crippen LogP) is 2.36. The maximum absolute atomic E-state index is 12.7. The highest BCUT2D eigenvalue weighted by molar-refractivity contribution is 6.01. The highest BCUT2D eigenvalue weighted by Crippen LogP contribution is 2.24. The van der Waals surface area contributed by atoms with Crippen LogP contribution >= 0.6 is 0 Å². The van der Waals surface area contributed by atoms with Gasteiger partial charge in [0.05, 0.1) is 24.8 Å². The normalized spacial score (nSPS) is 20.8. The average molecular weight is 334 g/mol. The fourth-order valence-corrected chi connectivity index (χ4v) is 3.65. The molecule has 1 aromatic heterocycles. The first-order chi connectivity index (χ1) is 11.2. The van der Waals surface area contributed by atoms with Crippen LogP contribution in [0.25, 0.3) is 0 Å². The van der Waals surface area contributed by atoms with Crippen LogP contribution in [0.2, 0.25) is 0 Å². The molecule has 1 saturated heterocycles. The SMILES string of the molecule is COC(=O)c1c(CC(=O)N2C[C@H](C)C[C@H](C)C2)[nH]c(C(C)=O)c1C. The summed E-state index contributed by atoms with van der Waals surface area (Å²) in [7, 11) is 1.29. The summed E-state index contributed by atoms with van der Waals surface area (Å²) in [4.78, 5) is 41.3. The maximum atomic E-state index is 12.7. The van der Waals surface area contributed by atoms with Gasteiger partial charge >= 0.3 is 5.97 Å². The van der Waals surface area contributed by atoms with E-state index in [2.05, 4.69) is 18.8 Å². The third kappa shape index (κ3) is 3.68. The number of aromatic nitrogens is 1. The van der Waals surface area contributed by atoms with Crippen LogP contribution in [0, 0.1) is 18.8 Å². The Morgan fingerprint density at radius 2 is 1.79 bits per heavy atom. The molecular formula is C18H26N2O4. The predicted molar refractivity (Wildman–Crippen MR) is 90.1 cm³/mol. The van der Waals surface area contributed by atoms with Crippen molar-refractivity contribution in [3.63, 3.8) is 0 Å². The first kappa shape index (κ1) is 18.2. The van der Waals surface area contributed by atoms with Gasteiger partial charge in [-0.15, -0.1) is 0 Å². The van der Waals surface area contributed by atoms with E-state index >= 15 is 0 Å². The third-order valence-corrected chi connectivity index (χ3v) is 4.62. The smallest absolute Gasteiger partial charge is 0.339 e. The van der Waals surface area contributed by atoms with Crippen molar-refractivity contribution < 1.29 is 19.1 Å². The molecule has 6 nitrogen and oxygen atoms in total. The zero-order valence-corrected chi connectivity index (χ0v) is 15.1. The molecular weight excluding hydrogens is 308 g/mol. The number of esters is 1. The molecule has 0 unspecified atom stereocenters. The lowest BCUT2D eigenvalue weighted by Crippen LogP contribution is -2.43. The molecule has 1 aliphatic heterocycles. The van der Waals surface area contributed by atoms with Crippen molar-refractivity contribution in [3.8, 4) is 0 Å². The molecule has 0 saturated carbocycles. The molecule has 2 rings (SSSR count). The summed E-state index contributed by atoms with van der Waals surface area (Å²) >= 11 is 0. The lowest BCUT2D eigenvalue weighted by Gasteiger charge is -2.35. The summed E-state index contributed by atoms with van der Waals surface area (Å²) in [6.45, 7) is 8.87. The molecule has 1 aliphatic rings. The van der Waals surface area contributed by atoms with E-state index in [1.807, 2.05) is 4.90 Å². The monoisotopic (exact) mass is 334 g/mol. The number of aromatic amines is 1. The van der Waals surface area contributed by atoms with Crippen molar-refractivity contribution in [3.05, 3.63) is 22.5 Å². The molecule has 1 N–H and O–H groups in total. The minimum Gasteiger partial charge on any atom is -0.465 e. The van der Waals surface area contributed by atoms with Crippen LogP contribution in [-0.4, -0.2) is 47.7 Å². The number of hydrogen-bond acceptors (Lipinski definition) is 4. The first-order valence-corrected chi connectivity index (χ1v) is 8.33. The second kappa shape index (κ2) is 7.20. The average Bonchev–Trinajstić information content (AvgIpc) is 2.82. The summed E-state index contributed by atoms with van der Waals surface area (Å²) in [6, 6.07) is 0. The Balaban J connectivity index is 2.28. The van der Waals surface area contributed by atoms with Gasteiger partial charge in [-0.25, -0.2) is 4.79 Å². The van der Waals surface area contributed by atoms with E-state index in [0.29, 0.717) is 34.4 Å². The molecule has 0 aromatic carbocycles. The van der Waals surface area contributed by atoms with Gasteiger partial charge in [0.1, 0.15) is 0 Å². The van der Waals surface area contributed by atoms with Gasteiger partial charge < -0.3 is 14.6 Å². The van der Waals surface area contributed by atoms with E-state index < -0.39 is 5.97 Å². The number of Topliss-reactive ketones (excluding diaryl/α,β-unsaturated/α-hetero) is 1. The zero-order chi connectivity index (χ0) is 18.0. The zero-order valence-electron chi connectivity index (χ0n) is 15.1. The summed E-state index contributed by atoms with van der Waals surface area (Å²) in [5.41, 5.74) is 1.66. The lowest BCUT2D eigenvalue weighted by atomic mass is 9.91. The van der Waals surface area contributed by atoms with E-state index in [9.17, 15) is 14.4 Å². The Bertz CT molecular complexity index is 652. The Kier molecular flexibility index (Phi) is 5.47. The number of nitrogens with zero attached hydrogens (tertiary/aromatic N) is 1. The van der Waals surface area contributed by atoms with E-state index in [1.54, 1.807) is 6.92 Å². The largest absolute Gasteiger partial charge is 0.465 e. The number of piperidine rings is 1. The van der Waals surface area contributed by atoms with Crippen molar-refractivity contribution in [1.29, 1.82) is 0 Å². The quantitative estimate of drug-likeness (QED) is 0.677. The van der Waals surface area contributed by atoms with Crippen molar-refractivity contribution in [2.45, 2.75) is 40.5 Å². The number of hydrogen-bond donors (Lipinski definition) is 1. The Labute approximate surface area is 142 Å². The van der Waals surface area contributed by atoms with Gasteiger partial charge in [0, 0.05) is 25.7 Å². The van der Waals surface area contributed by atoms with Crippen molar-refractivity contribution in [1.82, 2.24) is 9.88 Å². The fourth-order valence-electron chi connectivity index (χ4n) is 3.65. The Morgan fingerprint density at radius 1 is 1.21 bits per heavy atom. The Hall–Kier alpha value is -2.11. The number of carbonyl (C=O) groups is 3. The summed E-state index contributed by atoms with van der Waals surface area (Å²) in [6.07, 6.45) is 1.19. The Morgan fingerprint density at radius 3 is 2.29 bits per heavy atom. The van der Waals surface area contributed by atoms with Gasteiger partial charge in [0.25, 0.3) is 0 Å². The maximum Gasteiger partial charge on any atom is 0.339 e. The lowest BCUT2D eigenvalue weighted by molar-refractivity contribution is -0.133. The van der Waals surface area contributed by atoms with Crippen LogP contribution in [0.15, 0.2) is 0 Å². The van der Waals surface area contributed by atoms with Gasteiger partial charge in [-0.3, -0.25) is 9.59 Å². The number of amides is 1. The number of H-pyrrole nitrogens is 1. The molecule has 0 radical (unpaired) electrons. The highest BCUT2D eigenvalue weighted by Gasteiger charge is 2.29. The number of carbonyl (C=O) groups excluding carboxylic acids is 3. The molecule has 0 bridgehead atoms. The molecule has 1 aromatic rings. The van der Waals surface area contributed by atoms with Crippen molar-refractivity contribution in [2.24, 2.45) is 11.8 Å². The van der Waals surface area contributed by atoms with Crippen molar-refractivity contribution >= 4 is 17.7 Å². The molecule has 2 atom stereocenters. The first-order valence-electron chi connectivity index (χ1n) is 8.33. The summed E-state index contributed by atoms with van der Waals surface area (Å²) in [5, 5.41) is 0. The van der Waals surface area contributed by atoms with Gasteiger partial charge in [-0.1, -0.05) is 13.8 Å². The standard InChI is InChI=1S/C18H26N2O4/c1-10-6-11(2)9-20(8-10)15(22)7-14-16(18(23)24-5)12(3)17(19-14)13(4)21/h10-11,19H,6-9H2,1-5H3/t10-,11+. The van der Waals surface area contributed by atoms with Gasteiger partial charge in [0.2, 0.25) is 5.91 Å². The molecule has 6 heteroatoms. The molecule has 2 heterocycles. The number of methoxy groups -OCH3 is 1. The second-order valence-electron chi connectivity index (χ2n) is 6.95. The van der Waals surface area contributed by atoms with Gasteiger partial charge in [-0.05, 0) is 30.7 Å². The van der Waals surface area contributed by atoms with E-state index in [1.165, 1.54) is 14.0 Å². The van der Waals surface area contributed by atoms with Crippen LogP contribution < -0.4 is 0 Å². The minimum atomic E-state index is -0.528. The van der Waals surface area contributed by atoms with Gasteiger partial charge in [0.15, 0.2) is 5.78 Å². The van der Waals surface area contributed by atoms with E-state index in [0.717, 1.165) is 19.5 Å². The number of rotatable bonds is 4. The molecule has 1 fully saturated rings. The van der Waals surface area contributed by atoms with Crippen LogP contribution in [0.3, 0.4) is 0 Å². The van der Waals surface area contributed by atoms with E-state index in [4.69, 9.17) is 4.74 Å². The van der Waals surface area contributed by atoms with Crippen LogP contribution in [-0.2, 0) is 16.0 Å². The number of nitrogens with one attached hydrogen (secondary N) is 1. The molecule has 1 amide bonds.